The number of hydrogen-bond donors (Lipinski definition) is 2. The highest BCUT2D eigenvalue weighted by molar-refractivity contribution is 8.03. The number of aliphatic carboxylic acids is 1. The van der Waals surface area contributed by atoms with Gasteiger partial charge in [-0.15, -0.1) is 11.8 Å². The molecule has 0 unspecified atom stereocenters. The zero-order chi connectivity index (χ0) is 35.9. The molecule has 0 saturated carbocycles. The molecule has 3 aliphatic rings. The number of amides is 3. The molecule has 2 N–H and O–H groups in total. The van der Waals surface area contributed by atoms with Crippen molar-refractivity contribution in [1.29, 1.82) is 0 Å². The van der Waals surface area contributed by atoms with E-state index >= 15 is 0 Å². The van der Waals surface area contributed by atoms with Gasteiger partial charge in [0.25, 0.3) is 11.4 Å². The molecule has 2 aromatic carbocycles. The number of carbonyl (C=O) groups excluding carboxylic acids is 3. The summed E-state index contributed by atoms with van der Waals surface area (Å²) in [5.41, 5.74) is -0.414. The number of fused-ring (bicyclic) bond motifs is 1. The van der Waals surface area contributed by atoms with Gasteiger partial charge < -0.3 is 24.7 Å². The third kappa shape index (κ3) is 6.55. The number of benzene rings is 2. The normalized spacial score (nSPS) is 25.0. The molecule has 3 amide bonds. The molecule has 2 fully saturated rings. The summed E-state index contributed by atoms with van der Waals surface area (Å²) in [7, 11) is 3.08. The van der Waals surface area contributed by atoms with Gasteiger partial charge in [-0.05, 0) is 43.0 Å². The summed E-state index contributed by atoms with van der Waals surface area (Å²) in [6, 6.07) is 9.60. The van der Waals surface area contributed by atoms with E-state index in [0.29, 0.717) is 16.0 Å². The lowest BCUT2D eigenvalue weighted by molar-refractivity contribution is -0.385. The van der Waals surface area contributed by atoms with E-state index < -0.39 is 62.6 Å². The van der Waals surface area contributed by atoms with Crippen LogP contribution in [-0.4, -0.2) is 103 Å². The second-order valence-electron chi connectivity index (χ2n) is 12.8. The van der Waals surface area contributed by atoms with Crippen molar-refractivity contribution in [2.75, 3.05) is 20.6 Å². The van der Waals surface area contributed by atoms with Crippen molar-refractivity contribution < 1.29 is 44.0 Å². The van der Waals surface area contributed by atoms with E-state index in [1.54, 1.807) is 33.2 Å². The van der Waals surface area contributed by atoms with Crippen molar-refractivity contribution in [2.24, 2.45) is 11.3 Å². The first kappa shape index (κ1) is 35.3. The monoisotopic (exact) mass is 697 g/mol. The van der Waals surface area contributed by atoms with Crippen molar-refractivity contribution >= 4 is 47.0 Å². The number of nitro benzene ring substituents is 2. The van der Waals surface area contributed by atoms with Crippen LogP contribution in [0.15, 0.2) is 59.1 Å². The van der Waals surface area contributed by atoms with Crippen LogP contribution in [0, 0.1) is 31.6 Å². The first-order valence-electron chi connectivity index (χ1n) is 15.3. The molecule has 17 heteroatoms. The highest BCUT2D eigenvalue weighted by atomic mass is 32.2. The maximum atomic E-state index is 13.4. The third-order valence-corrected chi connectivity index (χ3v) is 10.8. The summed E-state index contributed by atoms with van der Waals surface area (Å²) < 4.78 is 5.50. The van der Waals surface area contributed by atoms with Crippen molar-refractivity contribution in [3.05, 3.63) is 90.5 Å². The molecule has 0 radical (unpaired) electrons. The average Bonchev–Trinajstić information content (AvgIpc) is 3.55. The molecule has 0 bridgehead atoms. The predicted octanol–water partition coefficient (Wildman–Crippen LogP) is 3.17. The van der Waals surface area contributed by atoms with Gasteiger partial charge in [-0.25, -0.2) is 9.59 Å². The number of carboxylic acids is 1. The number of nitrogens with zero attached hydrogens (tertiary/aromatic N) is 5. The van der Waals surface area contributed by atoms with Gasteiger partial charge >= 0.3 is 12.1 Å². The Hall–Kier alpha value is -5.03. The lowest BCUT2D eigenvalue weighted by Crippen LogP contribution is -2.66. The number of likely N-dealkylation sites (tertiary alicyclic amines) is 1. The van der Waals surface area contributed by atoms with Crippen molar-refractivity contribution in [1.82, 2.24) is 14.7 Å². The van der Waals surface area contributed by atoms with E-state index in [2.05, 4.69) is 0 Å². The Balaban J connectivity index is 1.44. The van der Waals surface area contributed by atoms with E-state index in [9.17, 15) is 49.6 Å². The fraction of sp³-hybridized carbons (Fsp3) is 0.438. The van der Waals surface area contributed by atoms with Gasteiger partial charge in [0.05, 0.1) is 27.9 Å². The number of likely N-dealkylation sites (N-methyl/N-ethyl adjacent to an activating group) is 1. The minimum atomic E-state index is -1.35. The summed E-state index contributed by atoms with van der Waals surface area (Å²) in [4.78, 5) is 78.0. The number of carboxylic acid groups (broad SMARTS) is 1. The Morgan fingerprint density at radius 3 is 2.08 bits per heavy atom. The van der Waals surface area contributed by atoms with E-state index in [0.717, 1.165) is 11.8 Å². The SMILES string of the molecule is C[C@@H](O)[C@H]1C(=O)N2C(C(=O)O)=C(S[C@H]3C[C@@H](C(=O)N(C)C)N(C(=O)OCc4ccc([N+](=O)[O-])cc4)C3)[C@](C)(Cc3ccc([N+](=O)[O-])cc3)[C@H]12. The van der Waals surface area contributed by atoms with Crippen LogP contribution in [0.5, 0.6) is 0 Å². The number of aliphatic hydroxyl groups excluding tert-OH is 1. The Bertz CT molecular complexity index is 1730. The zero-order valence-electron chi connectivity index (χ0n) is 27.0. The lowest BCUT2D eigenvalue weighted by atomic mass is 9.67. The van der Waals surface area contributed by atoms with Gasteiger partial charge in [0.15, 0.2) is 0 Å². The number of β-lactam (4-membered cyclic amide) rings is 1. The van der Waals surface area contributed by atoms with E-state index in [-0.39, 0.29) is 49.0 Å². The third-order valence-electron chi connectivity index (χ3n) is 9.23. The maximum Gasteiger partial charge on any atom is 0.410 e. The molecule has 3 heterocycles. The van der Waals surface area contributed by atoms with Gasteiger partial charge in [0.1, 0.15) is 18.3 Å². The second kappa shape index (κ2) is 13.5. The van der Waals surface area contributed by atoms with Gasteiger partial charge in [-0.1, -0.05) is 19.1 Å². The van der Waals surface area contributed by atoms with E-state index in [4.69, 9.17) is 4.74 Å². The number of hydrogen-bond acceptors (Lipinski definition) is 11. The lowest BCUT2D eigenvalue weighted by Gasteiger charge is -2.51. The molecule has 0 aromatic heterocycles. The van der Waals surface area contributed by atoms with Crippen LogP contribution in [0.2, 0.25) is 0 Å². The molecular formula is C32H35N5O11S. The van der Waals surface area contributed by atoms with Crippen LogP contribution < -0.4 is 0 Å². The minimum absolute atomic E-state index is 0.00351. The Labute approximate surface area is 284 Å². The molecule has 2 aromatic rings. The van der Waals surface area contributed by atoms with Crippen molar-refractivity contribution in [3.8, 4) is 0 Å². The van der Waals surface area contributed by atoms with Crippen LogP contribution in [0.3, 0.4) is 0 Å². The summed E-state index contributed by atoms with van der Waals surface area (Å²) in [6.07, 6.45) is -1.58. The highest BCUT2D eigenvalue weighted by Crippen LogP contribution is 2.60. The fourth-order valence-corrected chi connectivity index (χ4v) is 8.49. The van der Waals surface area contributed by atoms with E-state index in [1.165, 1.54) is 58.0 Å². The van der Waals surface area contributed by atoms with Crippen LogP contribution >= 0.6 is 11.8 Å². The van der Waals surface area contributed by atoms with Gasteiger partial charge in [0.2, 0.25) is 11.8 Å². The van der Waals surface area contributed by atoms with Gasteiger partial charge in [0, 0.05) is 60.5 Å². The first-order chi connectivity index (χ1) is 23.0. The maximum absolute atomic E-state index is 13.4. The zero-order valence-corrected chi connectivity index (χ0v) is 27.9. The molecule has 5 rings (SSSR count). The molecule has 260 valence electrons. The topological polar surface area (TPSA) is 214 Å². The summed E-state index contributed by atoms with van der Waals surface area (Å²) >= 11 is 1.15. The smallest absolute Gasteiger partial charge is 0.410 e. The highest BCUT2D eigenvalue weighted by Gasteiger charge is 2.66. The predicted molar refractivity (Wildman–Crippen MR) is 174 cm³/mol. The molecule has 0 aliphatic carbocycles. The van der Waals surface area contributed by atoms with Crippen LogP contribution in [0.4, 0.5) is 16.2 Å². The number of ether oxygens (including phenoxy) is 1. The van der Waals surface area contributed by atoms with Crippen LogP contribution in [0.1, 0.15) is 31.4 Å². The summed E-state index contributed by atoms with van der Waals surface area (Å²) in [6.45, 7) is 3.04. The largest absolute Gasteiger partial charge is 0.477 e. The number of aliphatic hydroxyl groups is 1. The molecule has 2 saturated heterocycles. The van der Waals surface area contributed by atoms with Crippen molar-refractivity contribution in [3.63, 3.8) is 0 Å². The molecule has 0 spiro atoms. The summed E-state index contributed by atoms with van der Waals surface area (Å²) in [5, 5.41) is 42.7. The first-order valence-corrected chi connectivity index (χ1v) is 16.2. The number of non-ortho nitro benzene ring substituents is 2. The Kier molecular flexibility index (Phi) is 9.70. The second-order valence-corrected chi connectivity index (χ2v) is 14.1. The summed E-state index contributed by atoms with van der Waals surface area (Å²) in [5.74, 6) is -3.16. The Morgan fingerprint density at radius 1 is 1.04 bits per heavy atom. The molecule has 6 atom stereocenters. The molecular weight excluding hydrogens is 662 g/mol. The molecule has 16 nitrogen and oxygen atoms in total. The molecule has 49 heavy (non-hydrogen) atoms. The van der Waals surface area contributed by atoms with Gasteiger partial charge in [-0.2, -0.15) is 0 Å². The van der Waals surface area contributed by atoms with Crippen LogP contribution in [-0.2, 0) is 32.1 Å². The van der Waals surface area contributed by atoms with Crippen LogP contribution in [0.25, 0.3) is 0 Å². The number of carbonyl (C=O) groups is 4. The standard InChI is InChI=1S/C32H35N5O11S/c1-17(38)24-26-32(2,14-18-5-9-20(10-6-18)36(44)45)27(25(30(41)42)35(26)29(24)40)49-22-13-23(28(39)33(3)4)34(15-22)31(43)48-16-19-7-11-21(12-8-19)37(46)47/h5-12,17,22-24,26,38H,13-16H2,1-4H3,(H,41,42)/t17-,22+,23+,24-,26+,32-/m1/s1. The van der Waals surface area contributed by atoms with Gasteiger partial charge in [-0.3, -0.25) is 34.7 Å². The van der Waals surface area contributed by atoms with E-state index in [1.807, 2.05) is 0 Å². The molecule has 3 aliphatic heterocycles. The Morgan fingerprint density at radius 2 is 1.59 bits per heavy atom. The quantitative estimate of drug-likeness (QED) is 0.197. The number of nitro groups is 2. The fourth-order valence-electron chi connectivity index (χ4n) is 6.89. The average molecular weight is 698 g/mol. The number of rotatable bonds is 11. The number of thioether (sulfide) groups is 1. The van der Waals surface area contributed by atoms with Crippen molar-refractivity contribution in [2.45, 2.75) is 56.7 Å². The minimum Gasteiger partial charge on any atom is -0.477 e.